The predicted octanol–water partition coefficient (Wildman–Crippen LogP) is -0.414. The van der Waals surface area contributed by atoms with Crippen molar-refractivity contribution < 1.29 is 34.8 Å². The number of nitrogens with two attached hydrogens (primary N) is 1. The van der Waals surface area contributed by atoms with Gasteiger partial charge in [0.1, 0.15) is 23.8 Å². The Bertz CT molecular complexity index is 1330. The van der Waals surface area contributed by atoms with Gasteiger partial charge in [-0.1, -0.05) is 6.07 Å². The SMILES string of the molecule is CN(C)[C@H]1C(O)C(C(N)=O)C(=O)[C@]2(O)C(=O)C3=C(O)c4c(O)ccc(-c5cncnc5)c4C[C@@H]3C[C@H]12. The Kier molecular flexibility index (Phi) is 5.47. The number of phenolic OH excluding ortho intramolecular Hbond substituents is 1. The molecule has 188 valence electrons. The van der Waals surface area contributed by atoms with Gasteiger partial charge in [0.2, 0.25) is 11.7 Å². The Labute approximate surface area is 205 Å². The zero-order chi connectivity index (χ0) is 26.1. The number of carbonyl (C=O) groups is 3. The first-order chi connectivity index (χ1) is 17.0. The number of aliphatic hydroxyl groups excluding tert-OH is 2. The molecular weight excluding hydrogens is 468 g/mol. The van der Waals surface area contributed by atoms with Crippen molar-refractivity contribution in [2.45, 2.75) is 30.6 Å². The second-order valence-electron chi connectivity index (χ2n) is 9.90. The lowest BCUT2D eigenvalue weighted by Crippen LogP contribution is -2.73. The number of ketones is 2. The molecule has 6 N–H and O–H groups in total. The number of hydrogen-bond acceptors (Lipinski definition) is 10. The summed E-state index contributed by atoms with van der Waals surface area (Å²) in [6.45, 7) is 0. The summed E-state index contributed by atoms with van der Waals surface area (Å²) in [4.78, 5) is 48.8. The number of carbonyl (C=O) groups excluding carboxylic acids is 3. The molecule has 3 aliphatic carbocycles. The fourth-order valence-corrected chi connectivity index (χ4v) is 6.31. The molecule has 0 saturated heterocycles. The van der Waals surface area contributed by atoms with Gasteiger partial charge in [-0.3, -0.25) is 14.4 Å². The third-order valence-corrected chi connectivity index (χ3v) is 7.84. The predicted molar refractivity (Wildman–Crippen MR) is 125 cm³/mol. The van der Waals surface area contributed by atoms with Crippen LogP contribution in [0.2, 0.25) is 0 Å². The van der Waals surface area contributed by atoms with E-state index >= 15 is 0 Å². The number of Topliss-reactive ketones (excluding diaryl/α,β-unsaturated/α-hetero) is 2. The highest BCUT2D eigenvalue weighted by Crippen LogP contribution is 2.53. The molecule has 0 radical (unpaired) electrons. The van der Waals surface area contributed by atoms with Crippen LogP contribution in [0.25, 0.3) is 16.9 Å². The maximum Gasteiger partial charge on any atom is 0.230 e. The van der Waals surface area contributed by atoms with Gasteiger partial charge in [0.15, 0.2) is 11.4 Å². The largest absolute Gasteiger partial charge is 0.507 e. The molecule has 0 spiro atoms. The van der Waals surface area contributed by atoms with Crippen LogP contribution in [-0.4, -0.2) is 84.6 Å². The molecule has 2 unspecified atom stereocenters. The van der Waals surface area contributed by atoms with Gasteiger partial charge in [0, 0.05) is 35.5 Å². The van der Waals surface area contributed by atoms with Gasteiger partial charge in [-0.25, -0.2) is 9.97 Å². The van der Waals surface area contributed by atoms with E-state index in [1.807, 2.05) is 0 Å². The summed E-state index contributed by atoms with van der Waals surface area (Å²) >= 11 is 0. The van der Waals surface area contributed by atoms with E-state index in [-0.39, 0.29) is 29.7 Å². The number of benzene rings is 1. The first kappa shape index (κ1) is 24.0. The normalized spacial score (nSPS) is 31.6. The van der Waals surface area contributed by atoms with Crippen molar-refractivity contribution >= 4 is 23.2 Å². The first-order valence-electron chi connectivity index (χ1n) is 11.5. The average Bonchev–Trinajstić information content (AvgIpc) is 2.81. The fraction of sp³-hybridized carbons (Fsp3) is 0.400. The zero-order valence-electron chi connectivity index (χ0n) is 19.6. The quantitative estimate of drug-likeness (QED) is 0.351. The van der Waals surface area contributed by atoms with E-state index < -0.39 is 58.7 Å². The molecule has 1 amide bonds. The average molecular weight is 495 g/mol. The van der Waals surface area contributed by atoms with E-state index in [4.69, 9.17) is 5.73 Å². The molecule has 2 saturated carbocycles. The van der Waals surface area contributed by atoms with E-state index in [0.29, 0.717) is 16.7 Å². The van der Waals surface area contributed by atoms with E-state index in [0.717, 1.165) is 0 Å². The number of aliphatic hydroxyl groups is 3. The van der Waals surface area contributed by atoms with Crippen LogP contribution in [0.1, 0.15) is 17.5 Å². The molecule has 1 aromatic heterocycles. The molecule has 36 heavy (non-hydrogen) atoms. The minimum absolute atomic E-state index is 0.0249. The molecule has 11 heteroatoms. The van der Waals surface area contributed by atoms with Crippen molar-refractivity contribution in [1.29, 1.82) is 0 Å². The highest BCUT2D eigenvalue weighted by Gasteiger charge is 2.67. The zero-order valence-corrected chi connectivity index (χ0v) is 19.6. The van der Waals surface area contributed by atoms with Crippen LogP contribution in [0.15, 0.2) is 36.4 Å². The van der Waals surface area contributed by atoms with Gasteiger partial charge < -0.3 is 31.1 Å². The number of rotatable bonds is 3. The number of fused-ring (bicyclic) bond motifs is 3. The van der Waals surface area contributed by atoms with Crippen LogP contribution in [0.3, 0.4) is 0 Å². The standard InChI is InChI=1S/C25H26N4O7/c1-29(2)19-14-6-10-5-13-12(11-7-27-9-28-8-11)3-4-15(30)17(13)20(31)16(10)22(33)25(14,36)23(34)18(21(19)32)24(26)35/h3-4,7-10,14,18-19,21,30-32,36H,5-6H2,1-2H3,(H2,26,35)/t10-,14-,18?,19-,21?,25-/m1/s1. The number of aromatic hydroxyl groups is 1. The van der Waals surface area contributed by atoms with Gasteiger partial charge in [-0.05, 0) is 50.0 Å². The van der Waals surface area contributed by atoms with E-state index in [2.05, 4.69) is 9.97 Å². The van der Waals surface area contributed by atoms with Crippen LogP contribution in [0, 0.1) is 17.8 Å². The Morgan fingerprint density at radius 1 is 1.17 bits per heavy atom. The van der Waals surface area contributed by atoms with Crippen molar-refractivity contribution in [2.75, 3.05) is 14.1 Å². The number of nitrogens with zero attached hydrogens (tertiary/aromatic N) is 3. The lowest BCUT2D eigenvalue weighted by atomic mass is 9.54. The topological polar surface area (TPSA) is 187 Å². The summed E-state index contributed by atoms with van der Waals surface area (Å²) in [5.41, 5.74) is 4.40. The van der Waals surface area contributed by atoms with E-state index in [9.17, 15) is 34.8 Å². The van der Waals surface area contributed by atoms with Crippen LogP contribution in [0.5, 0.6) is 5.75 Å². The Hall–Kier alpha value is -3.67. The number of amides is 1. The van der Waals surface area contributed by atoms with Crippen molar-refractivity contribution in [3.8, 4) is 16.9 Å². The molecule has 6 atom stereocenters. The third-order valence-electron chi connectivity index (χ3n) is 7.84. The molecule has 2 fully saturated rings. The van der Waals surface area contributed by atoms with Crippen LogP contribution < -0.4 is 5.73 Å². The minimum Gasteiger partial charge on any atom is -0.507 e. The molecule has 1 heterocycles. The Balaban J connectivity index is 1.71. The molecule has 3 aliphatic rings. The minimum atomic E-state index is -2.67. The summed E-state index contributed by atoms with van der Waals surface area (Å²) in [6.07, 6.45) is 3.28. The van der Waals surface area contributed by atoms with Crippen molar-refractivity contribution in [3.05, 3.63) is 47.6 Å². The van der Waals surface area contributed by atoms with Crippen LogP contribution in [0.4, 0.5) is 0 Å². The number of likely N-dealkylation sites (N-methyl/N-ethyl adjacent to an activating group) is 1. The number of hydrogen-bond donors (Lipinski definition) is 5. The third kappa shape index (κ3) is 3.13. The number of primary amides is 1. The monoisotopic (exact) mass is 494 g/mol. The Morgan fingerprint density at radius 2 is 1.83 bits per heavy atom. The second kappa shape index (κ2) is 8.19. The number of phenols is 1. The maximum absolute atomic E-state index is 13.8. The van der Waals surface area contributed by atoms with Gasteiger partial charge in [-0.15, -0.1) is 0 Å². The lowest BCUT2D eigenvalue weighted by Gasteiger charge is -2.53. The van der Waals surface area contributed by atoms with Crippen molar-refractivity contribution in [3.63, 3.8) is 0 Å². The molecule has 5 rings (SSSR count). The molecule has 0 aliphatic heterocycles. The van der Waals surface area contributed by atoms with E-state index in [1.54, 1.807) is 37.5 Å². The first-order valence-corrected chi connectivity index (χ1v) is 11.5. The maximum atomic E-state index is 13.8. The van der Waals surface area contributed by atoms with Crippen molar-refractivity contribution in [1.82, 2.24) is 14.9 Å². The van der Waals surface area contributed by atoms with E-state index in [1.165, 1.54) is 12.4 Å². The second-order valence-corrected chi connectivity index (χ2v) is 9.90. The Morgan fingerprint density at radius 3 is 2.44 bits per heavy atom. The smallest absolute Gasteiger partial charge is 0.230 e. The summed E-state index contributed by atoms with van der Waals surface area (Å²) in [5.74, 6) is -7.69. The summed E-state index contributed by atoms with van der Waals surface area (Å²) in [6, 6.07) is 2.10. The van der Waals surface area contributed by atoms with Crippen molar-refractivity contribution in [2.24, 2.45) is 23.5 Å². The molecule has 11 nitrogen and oxygen atoms in total. The van der Waals surface area contributed by atoms with Gasteiger partial charge >= 0.3 is 0 Å². The van der Waals surface area contributed by atoms with Gasteiger partial charge in [0.05, 0.1) is 11.7 Å². The summed E-state index contributed by atoms with van der Waals surface area (Å²) in [7, 11) is 3.22. The fourth-order valence-electron chi connectivity index (χ4n) is 6.31. The lowest BCUT2D eigenvalue weighted by molar-refractivity contribution is -0.184. The summed E-state index contributed by atoms with van der Waals surface area (Å²) < 4.78 is 0. The van der Waals surface area contributed by atoms with Gasteiger partial charge in [-0.2, -0.15) is 0 Å². The van der Waals surface area contributed by atoms with Crippen LogP contribution >= 0.6 is 0 Å². The molecule has 1 aromatic carbocycles. The number of aromatic nitrogens is 2. The molecule has 0 bridgehead atoms. The molecular formula is C25H26N4O7. The van der Waals surface area contributed by atoms with Crippen LogP contribution in [-0.2, 0) is 20.8 Å². The molecule has 2 aromatic rings. The summed E-state index contributed by atoms with van der Waals surface area (Å²) in [5, 5.41) is 44.4. The highest BCUT2D eigenvalue weighted by molar-refractivity contribution is 6.25. The highest BCUT2D eigenvalue weighted by atomic mass is 16.3. The van der Waals surface area contributed by atoms with Gasteiger partial charge in [0.25, 0.3) is 0 Å².